The average Bonchev–Trinajstić information content (AvgIpc) is 3.44. The second kappa shape index (κ2) is 14.0. The molecule has 5 atom stereocenters. The second-order valence-electron chi connectivity index (χ2n) is 12.3. The van der Waals surface area contributed by atoms with Crippen LogP contribution in [0.25, 0.3) is 0 Å². The van der Waals surface area contributed by atoms with Crippen LogP contribution in [0.3, 0.4) is 0 Å². The Bertz CT molecular complexity index is 1670. The summed E-state index contributed by atoms with van der Waals surface area (Å²) >= 11 is 0. The van der Waals surface area contributed by atoms with Crippen LogP contribution in [-0.4, -0.2) is 99.1 Å². The molecule has 4 heterocycles. The Kier molecular flexibility index (Phi) is 9.79. The van der Waals surface area contributed by atoms with E-state index >= 15 is 13.2 Å². The number of ketones is 1. The fourth-order valence-corrected chi connectivity index (χ4v) is 6.77. The molecule has 4 aliphatic heterocycles. The average molecular weight is 689 g/mol. The van der Waals surface area contributed by atoms with E-state index in [0.29, 0.717) is 43.6 Å². The largest absolute Gasteiger partial charge is 0.462 e. The van der Waals surface area contributed by atoms with Crippen LogP contribution in [0.5, 0.6) is 0 Å². The minimum Gasteiger partial charge on any atom is -0.462 e. The van der Waals surface area contributed by atoms with Crippen LogP contribution in [0.2, 0.25) is 0 Å². The van der Waals surface area contributed by atoms with E-state index in [0.717, 1.165) is 12.3 Å². The Labute approximate surface area is 279 Å². The lowest BCUT2D eigenvalue weighted by atomic mass is 9.82. The van der Waals surface area contributed by atoms with Gasteiger partial charge in [-0.25, -0.2) is 27.2 Å². The van der Waals surface area contributed by atoms with Gasteiger partial charge in [0, 0.05) is 45.4 Å². The molecule has 0 aliphatic carbocycles. The highest BCUT2D eigenvalue weighted by molar-refractivity contribution is 6.19. The van der Waals surface area contributed by atoms with Crippen LogP contribution in [0.4, 0.5) is 39.4 Å². The molecule has 49 heavy (non-hydrogen) atoms. The van der Waals surface area contributed by atoms with Crippen molar-refractivity contribution in [2.45, 2.75) is 44.9 Å². The first-order chi connectivity index (χ1) is 23.4. The topological polar surface area (TPSA) is 124 Å². The van der Waals surface area contributed by atoms with E-state index in [2.05, 4.69) is 10.6 Å². The zero-order valence-corrected chi connectivity index (χ0v) is 26.8. The van der Waals surface area contributed by atoms with Gasteiger partial charge in [-0.15, -0.1) is 0 Å². The van der Waals surface area contributed by atoms with Crippen molar-refractivity contribution >= 4 is 40.8 Å². The van der Waals surface area contributed by atoms with Gasteiger partial charge in [-0.1, -0.05) is 0 Å². The van der Waals surface area contributed by atoms with Gasteiger partial charge in [0.05, 0.1) is 55.0 Å². The molecule has 2 aromatic rings. The number of esters is 1. The molecule has 0 spiro atoms. The number of amides is 2. The molecule has 12 nitrogen and oxygen atoms in total. The fraction of sp³-hybridized carbons (Fsp3) is 0.455. The zero-order valence-electron chi connectivity index (χ0n) is 26.8. The van der Waals surface area contributed by atoms with Crippen LogP contribution in [-0.2, 0) is 23.9 Å². The summed E-state index contributed by atoms with van der Waals surface area (Å²) in [5, 5.41) is 5.74. The standard InChI is InChI=1S/C33H36F4N6O6/c1-3-48-32(46)23-17-43(28-6-4-19(34)12-24(28)35)30-22(29(23)45)14-26(37)31(39-30)41-10-8-40(9-11-41)27-7-5-20(13-25(27)36)42-16-21(49-33(42)47)15-38-18(2)44/h4-7,12-13,17,21-22,26,30-31,39H,3,8-11,14-16H2,1-2H3,(H,38,44)/t21-,22?,26?,30?,31?/m0/s1. The maximum Gasteiger partial charge on any atom is 0.414 e. The van der Waals surface area contributed by atoms with Crippen molar-refractivity contribution in [3.63, 3.8) is 0 Å². The van der Waals surface area contributed by atoms with E-state index in [1.807, 2.05) is 4.90 Å². The summed E-state index contributed by atoms with van der Waals surface area (Å²) in [7, 11) is 0. The number of alkyl halides is 1. The van der Waals surface area contributed by atoms with Crippen molar-refractivity contribution in [3.8, 4) is 0 Å². The van der Waals surface area contributed by atoms with Crippen LogP contribution in [0.1, 0.15) is 20.3 Å². The molecule has 0 saturated carbocycles. The molecule has 0 bridgehead atoms. The minimum atomic E-state index is -1.55. The van der Waals surface area contributed by atoms with E-state index in [1.54, 1.807) is 24.0 Å². The zero-order chi connectivity index (χ0) is 35.0. The summed E-state index contributed by atoms with van der Waals surface area (Å²) in [4.78, 5) is 55.9. The monoisotopic (exact) mass is 688 g/mol. The minimum absolute atomic E-state index is 0.0108. The summed E-state index contributed by atoms with van der Waals surface area (Å²) in [6, 6.07) is 7.33. The molecule has 0 aromatic heterocycles. The van der Waals surface area contributed by atoms with E-state index in [-0.39, 0.29) is 43.3 Å². The van der Waals surface area contributed by atoms with E-state index < -0.39 is 65.8 Å². The summed E-state index contributed by atoms with van der Waals surface area (Å²) in [6.07, 6.45) is -3.73. The van der Waals surface area contributed by atoms with Gasteiger partial charge in [-0.05, 0) is 43.7 Å². The van der Waals surface area contributed by atoms with Gasteiger partial charge in [-0.2, -0.15) is 0 Å². The molecule has 4 aliphatic rings. The molecule has 3 saturated heterocycles. The Hall–Kier alpha value is -4.70. The molecule has 2 N–H and O–H groups in total. The summed E-state index contributed by atoms with van der Waals surface area (Å²) in [5.41, 5.74) is 0.142. The van der Waals surface area contributed by atoms with Gasteiger partial charge < -0.3 is 24.6 Å². The van der Waals surface area contributed by atoms with Crippen LogP contribution >= 0.6 is 0 Å². The van der Waals surface area contributed by atoms with Crippen molar-refractivity contribution in [1.29, 1.82) is 0 Å². The van der Waals surface area contributed by atoms with Gasteiger partial charge in [0.1, 0.15) is 35.3 Å². The number of rotatable bonds is 8. The first-order valence-electron chi connectivity index (χ1n) is 16.0. The number of carbonyl (C=O) groups is 4. The molecule has 0 radical (unpaired) electrons. The summed E-state index contributed by atoms with van der Waals surface area (Å²) in [5.74, 6) is -5.18. The number of carbonyl (C=O) groups excluding carboxylic acids is 4. The molecule has 2 aromatic carbocycles. The molecule has 4 unspecified atom stereocenters. The third-order valence-electron chi connectivity index (χ3n) is 9.14. The van der Waals surface area contributed by atoms with Crippen molar-refractivity contribution in [1.82, 2.24) is 15.5 Å². The number of hydrogen-bond acceptors (Lipinski definition) is 10. The molecule has 16 heteroatoms. The van der Waals surface area contributed by atoms with Crippen molar-refractivity contribution in [2.75, 3.05) is 60.6 Å². The fourth-order valence-electron chi connectivity index (χ4n) is 6.77. The molecule has 262 valence electrons. The van der Waals surface area contributed by atoms with Gasteiger partial charge in [0.15, 0.2) is 5.78 Å². The second-order valence-corrected chi connectivity index (χ2v) is 12.3. The summed E-state index contributed by atoms with van der Waals surface area (Å²) in [6.45, 7) is 4.46. The maximum atomic E-state index is 15.9. The Morgan fingerprint density at radius 1 is 1.00 bits per heavy atom. The maximum absolute atomic E-state index is 15.9. The normalized spacial score (nSPS) is 25.9. The Balaban J connectivity index is 1.15. The predicted octanol–water partition coefficient (Wildman–Crippen LogP) is 2.82. The number of Topliss-reactive ketones (excluding diaryl/α,β-unsaturated/α-hetero) is 1. The van der Waals surface area contributed by atoms with Crippen LogP contribution in [0.15, 0.2) is 48.2 Å². The van der Waals surface area contributed by atoms with Gasteiger partial charge in [0.2, 0.25) is 5.91 Å². The number of fused-ring (bicyclic) bond motifs is 1. The SMILES string of the molecule is CCOC(=O)C1=CN(c2ccc(F)cc2F)C2NC(N3CCN(c4ccc(N5C[C@H](CNC(C)=O)OC5=O)cc4F)CC3)C(F)CC2C1=O. The number of piperidine rings is 1. The smallest absolute Gasteiger partial charge is 0.414 e. The number of ether oxygens (including phenoxy) is 2. The number of piperazine rings is 1. The van der Waals surface area contributed by atoms with Gasteiger partial charge in [-0.3, -0.25) is 24.7 Å². The van der Waals surface area contributed by atoms with E-state index in [9.17, 15) is 23.6 Å². The van der Waals surface area contributed by atoms with Crippen LogP contribution in [0, 0.1) is 23.4 Å². The summed E-state index contributed by atoms with van der Waals surface area (Å²) < 4.78 is 70.4. The number of anilines is 3. The van der Waals surface area contributed by atoms with Crippen LogP contribution < -0.4 is 25.3 Å². The quantitative estimate of drug-likeness (QED) is 0.243. The molecular weight excluding hydrogens is 652 g/mol. The highest BCUT2D eigenvalue weighted by atomic mass is 19.1. The number of benzene rings is 2. The number of nitrogens with one attached hydrogen (secondary N) is 2. The van der Waals surface area contributed by atoms with Crippen molar-refractivity contribution in [2.24, 2.45) is 5.92 Å². The third kappa shape index (κ3) is 6.92. The number of halogens is 4. The predicted molar refractivity (Wildman–Crippen MR) is 169 cm³/mol. The highest BCUT2D eigenvalue weighted by Gasteiger charge is 2.49. The van der Waals surface area contributed by atoms with Crippen molar-refractivity contribution in [3.05, 3.63) is 65.6 Å². The lowest BCUT2D eigenvalue weighted by molar-refractivity contribution is -0.141. The van der Waals surface area contributed by atoms with Gasteiger partial charge in [0.25, 0.3) is 0 Å². The molecular formula is C33H36F4N6O6. The molecule has 2 amide bonds. The highest BCUT2D eigenvalue weighted by Crippen LogP contribution is 2.37. The molecule has 3 fully saturated rings. The number of cyclic esters (lactones) is 1. The third-order valence-corrected chi connectivity index (χ3v) is 9.14. The Morgan fingerprint density at radius 3 is 2.39 bits per heavy atom. The first kappa shape index (κ1) is 34.2. The lowest BCUT2D eigenvalue weighted by Gasteiger charge is -2.50. The first-order valence-corrected chi connectivity index (χ1v) is 16.0. The van der Waals surface area contributed by atoms with E-state index in [4.69, 9.17) is 9.47 Å². The Morgan fingerprint density at radius 2 is 1.71 bits per heavy atom. The number of hydrogen-bond donors (Lipinski definition) is 2. The molecule has 6 rings (SSSR count). The van der Waals surface area contributed by atoms with Crippen molar-refractivity contribution < 1.29 is 46.2 Å². The van der Waals surface area contributed by atoms with E-state index in [1.165, 1.54) is 28.9 Å². The van der Waals surface area contributed by atoms with Gasteiger partial charge >= 0.3 is 12.1 Å². The number of nitrogens with zero attached hydrogens (tertiary/aromatic N) is 4. The lowest BCUT2D eigenvalue weighted by Crippen LogP contribution is -2.69.